The Balaban J connectivity index is 2.79. The van der Waals surface area contributed by atoms with E-state index in [9.17, 15) is 29.1 Å². The topological polar surface area (TPSA) is 214 Å². The zero-order valence-electron chi connectivity index (χ0n) is 15.4. The molecular weight excluding hydrogens is 386 g/mol. The SMILES string of the molecule is NC(=O)CC(N)C(=O)NC(Cc1ccc(O)cc1)C(=O)NCC(=O)NCC(=O)O. The van der Waals surface area contributed by atoms with Crippen LogP contribution in [0.1, 0.15) is 12.0 Å². The standard InChI is InChI=1S/C17H23N5O7/c18-11(6-13(19)24)16(28)22-12(5-9-1-3-10(23)4-2-9)17(29)21-7-14(25)20-8-15(26)27/h1-4,11-12,23H,5-8,18H2,(H2,19,24)(H,20,25)(H,21,29)(H,22,28)(H,26,27). The number of phenolic OH excluding ortho intramolecular Hbond substituents is 1. The van der Waals surface area contributed by atoms with E-state index < -0.39 is 61.2 Å². The maximum atomic E-state index is 12.4. The molecule has 0 heterocycles. The molecule has 0 bridgehead atoms. The van der Waals surface area contributed by atoms with Crippen LogP contribution in [0.15, 0.2) is 24.3 Å². The molecule has 1 aromatic carbocycles. The average Bonchev–Trinajstić information content (AvgIpc) is 2.64. The van der Waals surface area contributed by atoms with Crippen molar-refractivity contribution in [2.75, 3.05) is 13.1 Å². The lowest BCUT2D eigenvalue weighted by Gasteiger charge is -2.20. The molecule has 4 amide bonds. The number of rotatable bonds is 11. The number of benzene rings is 1. The van der Waals surface area contributed by atoms with E-state index in [1.807, 2.05) is 0 Å². The first-order valence-corrected chi connectivity index (χ1v) is 8.47. The van der Waals surface area contributed by atoms with Crippen LogP contribution in [0.3, 0.4) is 0 Å². The van der Waals surface area contributed by atoms with Crippen LogP contribution in [0, 0.1) is 0 Å². The van der Waals surface area contributed by atoms with Gasteiger partial charge >= 0.3 is 5.97 Å². The third-order valence-corrected chi connectivity index (χ3v) is 3.63. The van der Waals surface area contributed by atoms with Crippen molar-refractivity contribution in [1.29, 1.82) is 0 Å². The number of carboxylic acids is 1. The summed E-state index contributed by atoms with van der Waals surface area (Å²) in [4.78, 5) is 57.5. The van der Waals surface area contributed by atoms with Crippen LogP contribution >= 0.6 is 0 Å². The van der Waals surface area contributed by atoms with Crippen LogP contribution in [0.25, 0.3) is 0 Å². The maximum Gasteiger partial charge on any atom is 0.322 e. The molecule has 0 saturated heterocycles. The summed E-state index contributed by atoms with van der Waals surface area (Å²) >= 11 is 0. The molecule has 1 rings (SSSR count). The van der Waals surface area contributed by atoms with Crippen LogP contribution in [-0.2, 0) is 30.4 Å². The monoisotopic (exact) mass is 409 g/mol. The Kier molecular flexibility index (Phi) is 9.05. The Hall–Kier alpha value is -3.67. The van der Waals surface area contributed by atoms with Gasteiger partial charge < -0.3 is 37.6 Å². The summed E-state index contributed by atoms with van der Waals surface area (Å²) in [5.74, 6) is -4.28. The summed E-state index contributed by atoms with van der Waals surface area (Å²) in [5, 5.41) is 24.6. The normalized spacial score (nSPS) is 12.3. The second-order valence-electron chi connectivity index (χ2n) is 6.10. The second kappa shape index (κ2) is 11.2. The molecule has 9 N–H and O–H groups in total. The number of carbonyl (C=O) groups excluding carboxylic acids is 4. The first kappa shape index (κ1) is 23.4. The van der Waals surface area contributed by atoms with E-state index in [1.165, 1.54) is 24.3 Å². The van der Waals surface area contributed by atoms with Crippen molar-refractivity contribution in [1.82, 2.24) is 16.0 Å². The van der Waals surface area contributed by atoms with Crippen LogP contribution < -0.4 is 27.4 Å². The molecule has 2 unspecified atom stereocenters. The highest BCUT2D eigenvalue weighted by Crippen LogP contribution is 2.11. The fraction of sp³-hybridized carbons (Fsp3) is 0.353. The van der Waals surface area contributed by atoms with Gasteiger partial charge in [0.15, 0.2) is 0 Å². The zero-order chi connectivity index (χ0) is 22.0. The van der Waals surface area contributed by atoms with Gasteiger partial charge in [-0.25, -0.2) is 0 Å². The minimum Gasteiger partial charge on any atom is -0.508 e. The largest absolute Gasteiger partial charge is 0.508 e. The quantitative estimate of drug-likeness (QED) is 0.199. The number of phenols is 1. The highest BCUT2D eigenvalue weighted by atomic mass is 16.4. The summed E-state index contributed by atoms with van der Waals surface area (Å²) in [6, 6.07) is 3.43. The van der Waals surface area contributed by atoms with E-state index in [1.54, 1.807) is 0 Å². The van der Waals surface area contributed by atoms with Gasteiger partial charge in [-0.2, -0.15) is 0 Å². The van der Waals surface area contributed by atoms with Crippen molar-refractivity contribution < 1.29 is 34.2 Å². The van der Waals surface area contributed by atoms with Crippen LogP contribution in [0.5, 0.6) is 5.75 Å². The molecule has 2 atom stereocenters. The van der Waals surface area contributed by atoms with Gasteiger partial charge in [-0.3, -0.25) is 24.0 Å². The van der Waals surface area contributed by atoms with Gasteiger partial charge in [-0.05, 0) is 17.7 Å². The van der Waals surface area contributed by atoms with Gasteiger partial charge in [0, 0.05) is 6.42 Å². The van der Waals surface area contributed by atoms with Gasteiger partial charge in [0.05, 0.1) is 19.0 Å². The van der Waals surface area contributed by atoms with Gasteiger partial charge in [0.25, 0.3) is 0 Å². The Bertz CT molecular complexity index is 766. The molecule has 12 heteroatoms. The second-order valence-corrected chi connectivity index (χ2v) is 6.10. The number of primary amides is 1. The molecule has 0 aliphatic heterocycles. The Morgan fingerprint density at radius 2 is 1.59 bits per heavy atom. The van der Waals surface area contributed by atoms with Gasteiger partial charge in [0.2, 0.25) is 23.6 Å². The predicted octanol–water partition coefficient (Wildman–Crippen LogP) is -3.06. The number of nitrogens with one attached hydrogen (secondary N) is 3. The number of aliphatic carboxylic acids is 1. The van der Waals surface area contributed by atoms with Gasteiger partial charge in [-0.15, -0.1) is 0 Å². The molecule has 1 aromatic rings. The molecule has 29 heavy (non-hydrogen) atoms. The third kappa shape index (κ3) is 9.19. The highest BCUT2D eigenvalue weighted by molar-refractivity contribution is 5.93. The van der Waals surface area contributed by atoms with Crippen molar-refractivity contribution in [2.45, 2.75) is 24.9 Å². The Labute approximate surface area is 165 Å². The van der Waals surface area contributed by atoms with Crippen molar-refractivity contribution in [2.24, 2.45) is 11.5 Å². The van der Waals surface area contributed by atoms with Crippen LogP contribution in [0.2, 0.25) is 0 Å². The molecule has 0 spiro atoms. The fourth-order valence-corrected chi connectivity index (χ4v) is 2.19. The summed E-state index contributed by atoms with van der Waals surface area (Å²) in [5.41, 5.74) is 11.2. The molecular formula is C17H23N5O7. The number of hydrogen-bond acceptors (Lipinski definition) is 7. The molecule has 0 saturated carbocycles. The predicted molar refractivity (Wildman–Crippen MR) is 99.2 cm³/mol. The van der Waals surface area contributed by atoms with Gasteiger partial charge in [0.1, 0.15) is 18.3 Å². The van der Waals surface area contributed by atoms with E-state index in [-0.39, 0.29) is 12.2 Å². The van der Waals surface area contributed by atoms with E-state index in [0.717, 1.165) is 0 Å². The van der Waals surface area contributed by atoms with E-state index >= 15 is 0 Å². The lowest BCUT2D eigenvalue weighted by Crippen LogP contribution is -2.54. The number of carbonyl (C=O) groups is 5. The van der Waals surface area contributed by atoms with Gasteiger partial charge in [-0.1, -0.05) is 12.1 Å². The summed E-state index contributed by atoms with van der Waals surface area (Å²) < 4.78 is 0. The minimum atomic E-state index is -1.26. The Morgan fingerprint density at radius 1 is 0.966 bits per heavy atom. The fourth-order valence-electron chi connectivity index (χ4n) is 2.19. The maximum absolute atomic E-state index is 12.4. The van der Waals surface area contributed by atoms with Crippen LogP contribution in [-0.4, -0.2) is 65.0 Å². The average molecular weight is 409 g/mol. The lowest BCUT2D eigenvalue weighted by atomic mass is 10.0. The van der Waals surface area contributed by atoms with Crippen molar-refractivity contribution in [3.63, 3.8) is 0 Å². The molecule has 158 valence electrons. The first-order valence-electron chi connectivity index (χ1n) is 8.47. The van der Waals surface area contributed by atoms with E-state index in [2.05, 4.69) is 16.0 Å². The molecule has 0 aliphatic rings. The highest BCUT2D eigenvalue weighted by Gasteiger charge is 2.25. The zero-order valence-corrected chi connectivity index (χ0v) is 15.4. The molecule has 0 aromatic heterocycles. The Morgan fingerprint density at radius 3 is 2.14 bits per heavy atom. The lowest BCUT2D eigenvalue weighted by molar-refractivity contribution is -0.138. The van der Waals surface area contributed by atoms with Crippen molar-refractivity contribution >= 4 is 29.6 Å². The summed E-state index contributed by atoms with van der Waals surface area (Å²) in [7, 11) is 0. The van der Waals surface area contributed by atoms with E-state index in [0.29, 0.717) is 5.56 Å². The molecule has 0 aliphatic carbocycles. The van der Waals surface area contributed by atoms with Crippen molar-refractivity contribution in [3.8, 4) is 5.75 Å². The third-order valence-electron chi connectivity index (χ3n) is 3.63. The molecule has 0 radical (unpaired) electrons. The smallest absolute Gasteiger partial charge is 0.322 e. The summed E-state index contributed by atoms with van der Waals surface area (Å²) in [6.45, 7) is -1.12. The minimum absolute atomic E-state index is 0.00209. The molecule has 12 nitrogen and oxygen atoms in total. The van der Waals surface area contributed by atoms with Crippen LogP contribution in [0.4, 0.5) is 0 Å². The number of hydrogen-bond donors (Lipinski definition) is 7. The summed E-state index contributed by atoms with van der Waals surface area (Å²) in [6.07, 6.45) is -0.422. The number of nitrogens with two attached hydrogens (primary N) is 2. The first-order chi connectivity index (χ1) is 13.6. The van der Waals surface area contributed by atoms with E-state index in [4.69, 9.17) is 16.6 Å². The van der Waals surface area contributed by atoms with Crippen molar-refractivity contribution in [3.05, 3.63) is 29.8 Å². The number of amides is 4. The molecule has 0 fully saturated rings. The number of aromatic hydroxyl groups is 1. The number of carboxylic acid groups (broad SMARTS) is 1.